The summed E-state index contributed by atoms with van der Waals surface area (Å²) in [7, 11) is 0. The predicted octanol–water partition coefficient (Wildman–Crippen LogP) is 2.33. The number of nitrogens with one attached hydrogen (secondary N) is 1. The van der Waals surface area contributed by atoms with Crippen molar-refractivity contribution in [3.63, 3.8) is 0 Å². The quantitative estimate of drug-likeness (QED) is 0.834. The molecule has 0 aromatic carbocycles. The lowest BCUT2D eigenvalue weighted by Crippen LogP contribution is -2.30. The van der Waals surface area contributed by atoms with E-state index in [9.17, 15) is 0 Å². The van der Waals surface area contributed by atoms with Crippen molar-refractivity contribution in [3.05, 3.63) is 24.5 Å². The lowest BCUT2D eigenvalue weighted by molar-refractivity contribution is 0.545. The van der Waals surface area contributed by atoms with Crippen molar-refractivity contribution in [1.29, 1.82) is 0 Å². The van der Waals surface area contributed by atoms with E-state index in [0.29, 0.717) is 0 Å². The van der Waals surface area contributed by atoms with Gasteiger partial charge in [-0.25, -0.2) is 9.50 Å². The van der Waals surface area contributed by atoms with Gasteiger partial charge in [-0.1, -0.05) is 6.92 Å². The molecule has 2 heterocycles. The summed E-state index contributed by atoms with van der Waals surface area (Å²) in [4.78, 5) is 4.46. The Morgan fingerprint density at radius 1 is 1.40 bits per heavy atom. The van der Waals surface area contributed by atoms with Gasteiger partial charge in [0.1, 0.15) is 5.82 Å². The minimum atomic E-state index is 0.0748. The molecule has 4 heteroatoms. The van der Waals surface area contributed by atoms with E-state index in [0.717, 1.165) is 17.9 Å². The third-order valence-corrected chi connectivity index (χ3v) is 2.61. The van der Waals surface area contributed by atoms with Crippen LogP contribution in [0.5, 0.6) is 0 Å². The molecule has 0 atom stereocenters. The van der Waals surface area contributed by atoms with Crippen LogP contribution in [0.3, 0.4) is 0 Å². The topological polar surface area (TPSA) is 42.2 Å². The van der Waals surface area contributed by atoms with Crippen LogP contribution in [0.4, 0.5) is 5.82 Å². The highest BCUT2D eigenvalue weighted by Crippen LogP contribution is 2.16. The molecule has 15 heavy (non-hydrogen) atoms. The summed E-state index contributed by atoms with van der Waals surface area (Å²) in [6.07, 6.45) is 4.71. The van der Waals surface area contributed by atoms with Crippen LogP contribution in [-0.4, -0.2) is 20.1 Å². The monoisotopic (exact) mass is 204 g/mol. The Kier molecular flexibility index (Phi) is 2.34. The second kappa shape index (κ2) is 3.53. The summed E-state index contributed by atoms with van der Waals surface area (Å²) >= 11 is 0. The van der Waals surface area contributed by atoms with Gasteiger partial charge in [0.2, 0.25) is 0 Å². The molecule has 0 spiro atoms. The van der Waals surface area contributed by atoms with Crippen LogP contribution in [0.15, 0.2) is 24.5 Å². The average Bonchev–Trinajstić information content (AvgIpc) is 2.64. The van der Waals surface area contributed by atoms with E-state index in [-0.39, 0.29) is 5.54 Å². The number of fused-ring (bicyclic) bond motifs is 1. The van der Waals surface area contributed by atoms with Crippen LogP contribution in [0.1, 0.15) is 27.2 Å². The normalized spacial score (nSPS) is 11.9. The van der Waals surface area contributed by atoms with Crippen molar-refractivity contribution in [2.24, 2.45) is 0 Å². The molecule has 0 aliphatic carbocycles. The highest BCUT2D eigenvalue weighted by Gasteiger charge is 2.14. The molecule has 0 aliphatic heterocycles. The van der Waals surface area contributed by atoms with E-state index in [1.807, 2.05) is 18.3 Å². The smallest absolute Gasteiger partial charge is 0.157 e. The molecule has 80 valence electrons. The maximum atomic E-state index is 4.46. The second-order valence-electron chi connectivity index (χ2n) is 4.31. The molecule has 0 unspecified atom stereocenters. The first kappa shape index (κ1) is 9.96. The van der Waals surface area contributed by atoms with Crippen molar-refractivity contribution in [3.8, 4) is 0 Å². The fraction of sp³-hybridized carbons (Fsp3) is 0.455. The molecule has 2 aromatic heterocycles. The summed E-state index contributed by atoms with van der Waals surface area (Å²) in [6.45, 7) is 6.48. The van der Waals surface area contributed by atoms with Gasteiger partial charge in [0.15, 0.2) is 5.65 Å². The lowest BCUT2D eigenvalue weighted by Gasteiger charge is -2.25. The van der Waals surface area contributed by atoms with Crippen molar-refractivity contribution in [2.75, 3.05) is 5.32 Å². The molecule has 1 N–H and O–H groups in total. The summed E-state index contributed by atoms with van der Waals surface area (Å²) < 4.78 is 1.75. The molecular formula is C11H16N4. The van der Waals surface area contributed by atoms with Crippen LogP contribution >= 0.6 is 0 Å². The van der Waals surface area contributed by atoms with Crippen LogP contribution in [0.2, 0.25) is 0 Å². The standard InChI is InChI=1S/C11H16N4/c1-4-11(2,3)14-9-6-8-15-10(13-9)5-7-12-15/h5-8H,4H2,1-3H3,(H,13,14). The maximum Gasteiger partial charge on any atom is 0.157 e. The molecule has 0 saturated heterocycles. The fourth-order valence-electron chi connectivity index (χ4n) is 1.32. The van der Waals surface area contributed by atoms with Crippen LogP contribution in [0, 0.1) is 0 Å². The van der Waals surface area contributed by atoms with E-state index < -0.39 is 0 Å². The zero-order valence-corrected chi connectivity index (χ0v) is 9.36. The van der Waals surface area contributed by atoms with E-state index in [2.05, 4.69) is 36.2 Å². The molecule has 0 aliphatic rings. The summed E-state index contributed by atoms with van der Waals surface area (Å²) in [5.74, 6) is 0.898. The SMILES string of the molecule is CCC(C)(C)Nc1ccn2nccc2n1. The number of hydrogen-bond acceptors (Lipinski definition) is 3. The van der Waals surface area contributed by atoms with Gasteiger partial charge in [-0.05, 0) is 26.3 Å². The zero-order chi connectivity index (χ0) is 10.9. The summed E-state index contributed by atoms with van der Waals surface area (Å²) in [5, 5.41) is 7.50. The first-order chi connectivity index (χ1) is 7.11. The van der Waals surface area contributed by atoms with Crippen LogP contribution in [-0.2, 0) is 0 Å². The Morgan fingerprint density at radius 2 is 2.20 bits per heavy atom. The fourth-order valence-corrected chi connectivity index (χ4v) is 1.32. The Labute approximate surface area is 89.3 Å². The van der Waals surface area contributed by atoms with E-state index in [1.165, 1.54) is 0 Å². The molecular weight excluding hydrogens is 188 g/mol. The van der Waals surface area contributed by atoms with E-state index >= 15 is 0 Å². The van der Waals surface area contributed by atoms with Crippen molar-refractivity contribution in [2.45, 2.75) is 32.7 Å². The van der Waals surface area contributed by atoms with Gasteiger partial charge < -0.3 is 5.32 Å². The molecule has 0 saturated carbocycles. The highest BCUT2D eigenvalue weighted by molar-refractivity contribution is 5.46. The molecule has 0 bridgehead atoms. The van der Waals surface area contributed by atoms with Gasteiger partial charge in [-0.2, -0.15) is 5.10 Å². The number of aromatic nitrogens is 3. The Balaban J connectivity index is 2.28. The van der Waals surface area contributed by atoms with Crippen molar-refractivity contribution < 1.29 is 0 Å². The second-order valence-corrected chi connectivity index (χ2v) is 4.31. The minimum Gasteiger partial charge on any atom is -0.365 e. The van der Waals surface area contributed by atoms with Crippen LogP contribution < -0.4 is 5.32 Å². The number of nitrogens with zero attached hydrogens (tertiary/aromatic N) is 3. The molecule has 4 nitrogen and oxygen atoms in total. The van der Waals surface area contributed by atoms with Gasteiger partial charge in [0, 0.05) is 17.8 Å². The van der Waals surface area contributed by atoms with Crippen molar-refractivity contribution in [1.82, 2.24) is 14.6 Å². The summed E-state index contributed by atoms with van der Waals surface area (Å²) in [5.41, 5.74) is 0.942. The van der Waals surface area contributed by atoms with Gasteiger partial charge in [0.25, 0.3) is 0 Å². The average molecular weight is 204 g/mol. The van der Waals surface area contributed by atoms with Gasteiger partial charge >= 0.3 is 0 Å². The molecule has 0 amide bonds. The minimum absolute atomic E-state index is 0.0748. The third-order valence-electron chi connectivity index (χ3n) is 2.61. The first-order valence-corrected chi connectivity index (χ1v) is 5.19. The summed E-state index contributed by atoms with van der Waals surface area (Å²) in [6, 6.07) is 3.83. The maximum absolute atomic E-state index is 4.46. The van der Waals surface area contributed by atoms with Gasteiger partial charge in [-0.15, -0.1) is 0 Å². The molecule has 2 aromatic rings. The highest BCUT2D eigenvalue weighted by atomic mass is 15.2. The van der Waals surface area contributed by atoms with Gasteiger partial charge in [-0.3, -0.25) is 0 Å². The van der Waals surface area contributed by atoms with E-state index in [4.69, 9.17) is 0 Å². The first-order valence-electron chi connectivity index (χ1n) is 5.19. The molecule has 0 radical (unpaired) electrons. The van der Waals surface area contributed by atoms with E-state index in [1.54, 1.807) is 10.7 Å². The number of rotatable bonds is 3. The number of anilines is 1. The number of hydrogen-bond donors (Lipinski definition) is 1. The molecule has 0 fully saturated rings. The predicted molar refractivity (Wildman–Crippen MR) is 61.0 cm³/mol. The third kappa shape index (κ3) is 2.09. The molecule has 2 rings (SSSR count). The van der Waals surface area contributed by atoms with Gasteiger partial charge in [0.05, 0.1) is 6.20 Å². The van der Waals surface area contributed by atoms with Crippen molar-refractivity contribution >= 4 is 11.5 Å². The Morgan fingerprint density at radius 3 is 2.93 bits per heavy atom. The zero-order valence-electron chi connectivity index (χ0n) is 9.36. The lowest BCUT2D eigenvalue weighted by atomic mass is 10.0. The Hall–Kier alpha value is -1.58. The largest absolute Gasteiger partial charge is 0.365 e. The van der Waals surface area contributed by atoms with Crippen LogP contribution in [0.25, 0.3) is 5.65 Å². The Bertz CT molecular complexity index is 458.